The lowest BCUT2D eigenvalue weighted by molar-refractivity contribution is 1.45. The van der Waals surface area contributed by atoms with Gasteiger partial charge in [0, 0.05) is 6.20 Å². The highest BCUT2D eigenvalue weighted by atomic mass is 79.9. The van der Waals surface area contributed by atoms with Crippen LogP contribution in [0.25, 0.3) is 0 Å². The fraction of sp³-hybridized carbons (Fsp3) is 0. The van der Waals surface area contributed by atoms with Crippen LogP contribution in [0.4, 0.5) is 0 Å². The van der Waals surface area contributed by atoms with Gasteiger partial charge in [0.2, 0.25) is 0 Å². The van der Waals surface area contributed by atoms with E-state index < -0.39 is 0 Å². The van der Waals surface area contributed by atoms with Gasteiger partial charge in [0.1, 0.15) is 10.3 Å². The van der Waals surface area contributed by atoms with Gasteiger partial charge in [-0.05, 0) is 21.1 Å². The molecule has 4 heteroatoms. The van der Waals surface area contributed by atoms with E-state index in [-0.39, 0.29) is 5.70 Å². The van der Waals surface area contributed by atoms with Gasteiger partial charge in [-0.25, -0.2) is 4.99 Å². The number of halogens is 1. The zero-order chi connectivity index (χ0) is 7.28. The smallest absolute Gasteiger partial charge is 0.134 e. The van der Waals surface area contributed by atoms with Crippen molar-refractivity contribution in [3.8, 4) is 0 Å². The molecule has 0 aromatic heterocycles. The first-order valence-corrected chi connectivity index (χ1v) is 2.88. The van der Waals surface area contributed by atoms with Crippen LogP contribution in [0.15, 0.2) is 35.2 Å². The number of hydrogen-bond donors (Lipinski definition) is 0. The molecule has 0 aromatic rings. The largest absolute Gasteiger partial charge is 0.248 e. The van der Waals surface area contributed by atoms with E-state index in [0.717, 1.165) is 0 Å². The third-order valence-corrected chi connectivity index (χ3v) is 1.22. The van der Waals surface area contributed by atoms with Crippen LogP contribution in [0.2, 0.25) is 0 Å². The van der Waals surface area contributed by atoms with Gasteiger partial charge in [-0.3, -0.25) is 0 Å². The summed E-state index contributed by atoms with van der Waals surface area (Å²) in [5.41, 5.74) is 0.0647. The second-order valence-electron chi connectivity index (χ2n) is 1.14. The van der Waals surface area contributed by atoms with Crippen molar-refractivity contribution >= 4 is 20.6 Å². The van der Waals surface area contributed by atoms with E-state index in [9.17, 15) is 4.91 Å². The van der Waals surface area contributed by atoms with Crippen LogP contribution in [-0.2, 0) is 0 Å². The summed E-state index contributed by atoms with van der Waals surface area (Å²) in [4.78, 5) is 13.3. The second-order valence-corrected chi connectivity index (χ2v) is 1.89. The van der Waals surface area contributed by atoms with E-state index in [0.29, 0.717) is 4.62 Å². The highest BCUT2D eigenvalue weighted by Crippen LogP contribution is 2.02. The van der Waals surface area contributed by atoms with Gasteiger partial charge in [0.05, 0.1) is 0 Å². The molecule has 0 fully saturated rings. The van der Waals surface area contributed by atoms with Crippen molar-refractivity contribution < 1.29 is 0 Å². The maximum Gasteiger partial charge on any atom is 0.134 e. The molecule has 0 radical (unpaired) electrons. The van der Waals surface area contributed by atoms with Gasteiger partial charge in [-0.2, -0.15) is 0 Å². The van der Waals surface area contributed by atoms with Crippen LogP contribution in [0.1, 0.15) is 0 Å². The third kappa shape index (κ3) is 2.92. The molecule has 0 aromatic carbocycles. The number of nitrogens with zero attached hydrogens (tertiary/aromatic N) is 2. The summed E-state index contributed by atoms with van der Waals surface area (Å²) in [5, 5.41) is 2.54. The zero-order valence-electron chi connectivity index (χ0n) is 4.67. The lowest BCUT2D eigenvalue weighted by atomic mass is 10.6. The topological polar surface area (TPSA) is 41.8 Å². The highest BCUT2D eigenvalue weighted by molar-refractivity contribution is 9.18. The number of nitroso groups, excluding NO2 is 1. The van der Waals surface area contributed by atoms with Gasteiger partial charge >= 0.3 is 0 Å². The standard InChI is InChI=1S/C5H5BrN2O/c1-3-7-5(6)4(2)8-9/h3H,1-2H2. The molecule has 0 rings (SSSR count). The van der Waals surface area contributed by atoms with Crippen LogP contribution in [0.5, 0.6) is 0 Å². The Bertz CT molecular complexity index is 174. The van der Waals surface area contributed by atoms with E-state index in [1.165, 1.54) is 6.20 Å². The van der Waals surface area contributed by atoms with Crippen molar-refractivity contribution in [2.24, 2.45) is 10.2 Å². The molecule has 0 atom stereocenters. The van der Waals surface area contributed by atoms with E-state index in [1.54, 1.807) is 0 Å². The summed E-state index contributed by atoms with van der Waals surface area (Å²) in [7, 11) is 0. The predicted octanol–water partition coefficient (Wildman–Crippen LogP) is 2.20. The SMILES string of the molecule is C=CN=C(Br)C(=C)N=O. The molecular weight excluding hydrogens is 184 g/mol. The molecule has 0 bridgehead atoms. The number of rotatable bonds is 3. The van der Waals surface area contributed by atoms with Crippen molar-refractivity contribution in [3.63, 3.8) is 0 Å². The van der Waals surface area contributed by atoms with Gasteiger partial charge < -0.3 is 0 Å². The molecule has 0 aliphatic rings. The van der Waals surface area contributed by atoms with Crippen LogP contribution in [0, 0.1) is 4.91 Å². The lowest BCUT2D eigenvalue weighted by Gasteiger charge is -1.86. The Labute approximate surface area is 61.3 Å². The number of hydrogen-bond acceptors (Lipinski definition) is 3. The average molecular weight is 189 g/mol. The summed E-state index contributed by atoms with van der Waals surface area (Å²) < 4.78 is 0.313. The van der Waals surface area contributed by atoms with E-state index in [1.807, 2.05) is 0 Å². The fourth-order valence-corrected chi connectivity index (χ4v) is 0.409. The summed E-state index contributed by atoms with van der Waals surface area (Å²) >= 11 is 2.95. The van der Waals surface area contributed by atoms with Crippen molar-refractivity contribution in [2.45, 2.75) is 0 Å². The van der Waals surface area contributed by atoms with Crippen LogP contribution >= 0.6 is 15.9 Å². The van der Waals surface area contributed by atoms with E-state index in [2.05, 4.69) is 39.3 Å². The van der Waals surface area contributed by atoms with Gasteiger partial charge in [0.25, 0.3) is 0 Å². The van der Waals surface area contributed by atoms with Crippen molar-refractivity contribution in [2.75, 3.05) is 0 Å². The second kappa shape index (κ2) is 4.14. The minimum atomic E-state index is 0.0647. The quantitative estimate of drug-likeness (QED) is 0.495. The average Bonchev–Trinajstić information content (AvgIpc) is 1.87. The molecule has 48 valence electrons. The summed E-state index contributed by atoms with van der Waals surface area (Å²) in [6.45, 7) is 6.60. The fourth-order valence-electron chi connectivity index (χ4n) is 0.192. The number of allylic oxidation sites excluding steroid dienone is 1. The lowest BCUT2D eigenvalue weighted by Crippen LogP contribution is -1.84. The Kier molecular flexibility index (Phi) is 3.79. The first kappa shape index (κ1) is 8.23. The summed E-state index contributed by atoms with van der Waals surface area (Å²) in [5.74, 6) is 0. The number of aliphatic imine (C=N–C) groups is 1. The van der Waals surface area contributed by atoms with Crippen molar-refractivity contribution in [1.82, 2.24) is 0 Å². The molecule has 0 spiro atoms. The first-order valence-electron chi connectivity index (χ1n) is 2.09. The van der Waals surface area contributed by atoms with Crippen LogP contribution < -0.4 is 0 Å². The molecule has 0 saturated carbocycles. The van der Waals surface area contributed by atoms with E-state index in [4.69, 9.17) is 0 Å². The molecule has 0 heterocycles. The molecule has 3 nitrogen and oxygen atoms in total. The molecule has 0 unspecified atom stereocenters. The maximum absolute atomic E-state index is 9.73. The van der Waals surface area contributed by atoms with Crippen LogP contribution in [0.3, 0.4) is 0 Å². The highest BCUT2D eigenvalue weighted by Gasteiger charge is 1.96. The Balaban J connectivity index is 4.18. The van der Waals surface area contributed by atoms with Gasteiger partial charge in [0.15, 0.2) is 0 Å². The maximum atomic E-state index is 9.73. The van der Waals surface area contributed by atoms with Crippen molar-refractivity contribution in [3.05, 3.63) is 30.0 Å². The molecule has 0 N–H and O–H groups in total. The van der Waals surface area contributed by atoms with Crippen LogP contribution in [-0.4, -0.2) is 4.62 Å². The van der Waals surface area contributed by atoms with E-state index >= 15 is 0 Å². The third-order valence-electron chi connectivity index (χ3n) is 0.553. The predicted molar refractivity (Wildman–Crippen MR) is 41.5 cm³/mol. The summed E-state index contributed by atoms with van der Waals surface area (Å²) in [6, 6.07) is 0. The minimum absolute atomic E-state index is 0.0647. The van der Waals surface area contributed by atoms with Gasteiger partial charge in [-0.15, -0.1) is 4.91 Å². The minimum Gasteiger partial charge on any atom is -0.248 e. The molecule has 0 aliphatic heterocycles. The normalized spacial score (nSPS) is 10.6. The van der Waals surface area contributed by atoms with Crippen molar-refractivity contribution in [1.29, 1.82) is 0 Å². The first-order chi connectivity index (χ1) is 4.22. The zero-order valence-corrected chi connectivity index (χ0v) is 6.26. The Morgan fingerprint density at radius 1 is 1.67 bits per heavy atom. The Morgan fingerprint density at radius 2 is 2.22 bits per heavy atom. The summed E-state index contributed by atoms with van der Waals surface area (Å²) in [6.07, 6.45) is 1.29. The van der Waals surface area contributed by atoms with Gasteiger partial charge in [-0.1, -0.05) is 13.2 Å². The molecule has 0 aliphatic carbocycles. The Morgan fingerprint density at radius 3 is 2.56 bits per heavy atom. The monoisotopic (exact) mass is 188 g/mol. The molecule has 0 saturated heterocycles. The molecule has 0 amide bonds. The Hall–Kier alpha value is -0.770. The molecule has 9 heavy (non-hydrogen) atoms. The molecular formula is C5H5BrN2O.